The van der Waals surface area contributed by atoms with Crippen LogP contribution in [-0.2, 0) is 0 Å². The molecule has 0 aliphatic carbocycles. The third-order valence-electron chi connectivity index (χ3n) is 2.52. The maximum absolute atomic E-state index is 11.9. The number of nitrogens with zero attached hydrogens (tertiary/aromatic N) is 2. The van der Waals surface area contributed by atoms with E-state index in [1.165, 1.54) is 42.6 Å². The van der Waals surface area contributed by atoms with E-state index in [-0.39, 0.29) is 11.3 Å². The van der Waals surface area contributed by atoms with Crippen LogP contribution in [0.3, 0.4) is 0 Å². The van der Waals surface area contributed by atoms with Crippen molar-refractivity contribution >= 4 is 11.7 Å². The molecule has 0 bridgehead atoms. The van der Waals surface area contributed by atoms with Crippen LogP contribution in [0.5, 0.6) is 0 Å². The third kappa shape index (κ3) is 2.34. The number of hydrogen-bond donors (Lipinski definition) is 1. The lowest BCUT2D eigenvalue weighted by Gasteiger charge is -2.05. The second-order valence-electron chi connectivity index (χ2n) is 3.68. The highest BCUT2D eigenvalue weighted by Gasteiger charge is 2.12. The summed E-state index contributed by atoms with van der Waals surface area (Å²) in [4.78, 5) is 32.7. The van der Waals surface area contributed by atoms with E-state index in [0.717, 1.165) is 4.57 Å². The zero-order valence-electron chi connectivity index (χ0n) is 9.52. The second kappa shape index (κ2) is 4.73. The van der Waals surface area contributed by atoms with Crippen LogP contribution in [-0.4, -0.2) is 20.6 Å². The van der Waals surface area contributed by atoms with E-state index in [0.29, 0.717) is 5.69 Å². The lowest BCUT2D eigenvalue weighted by Crippen LogP contribution is -2.24. The van der Waals surface area contributed by atoms with E-state index >= 15 is 0 Å². The highest BCUT2D eigenvalue weighted by atomic mass is 16.6. The van der Waals surface area contributed by atoms with Gasteiger partial charge in [0.25, 0.3) is 11.2 Å². The van der Waals surface area contributed by atoms with E-state index in [9.17, 15) is 19.7 Å². The maximum Gasteiger partial charge on any atom is 0.341 e. The molecule has 19 heavy (non-hydrogen) atoms. The van der Waals surface area contributed by atoms with E-state index in [2.05, 4.69) is 0 Å². The largest absolute Gasteiger partial charge is 0.477 e. The summed E-state index contributed by atoms with van der Waals surface area (Å²) in [7, 11) is 0. The summed E-state index contributed by atoms with van der Waals surface area (Å²) in [5.74, 6) is -1.32. The fraction of sp³-hybridized carbons (Fsp3) is 0. The summed E-state index contributed by atoms with van der Waals surface area (Å²) in [5, 5.41) is 19.4. The Balaban J connectivity index is 2.53. The number of aromatic carboxylic acids is 1. The van der Waals surface area contributed by atoms with Gasteiger partial charge in [-0.3, -0.25) is 19.5 Å². The van der Waals surface area contributed by atoms with Crippen LogP contribution < -0.4 is 5.56 Å². The number of benzene rings is 1. The monoisotopic (exact) mass is 260 g/mol. The number of rotatable bonds is 3. The molecule has 0 radical (unpaired) electrons. The molecule has 96 valence electrons. The summed E-state index contributed by atoms with van der Waals surface area (Å²) >= 11 is 0. The molecule has 0 aliphatic heterocycles. The lowest BCUT2D eigenvalue weighted by atomic mass is 10.2. The van der Waals surface area contributed by atoms with Crippen LogP contribution in [0.2, 0.25) is 0 Å². The average Bonchev–Trinajstić information content (AvgIpc) is 2.38. The molecule has 0 saturated heterocycles. The van der Waals surface area contributed by atoms with Gasteiger partial charge in [0.05, 0.1) is 4.92 Å². The van der Waals surface area contributed by atoms with Crippen molar-refractivity contribution in [3.8, 4) is 5.69 Å². The zero-order chi connectivity index (χ0) is 14.0. The van der Waals surface area contributed by atoms with Crippen molar-refractivity contribution in [3.05, 3.63) is 68.6 Å². The summed E-state index contributed by atoms with van der Waals surface area (Å²) in [6, 6.07) is 7.87. The predicted octanol–water partition coefficient (Wildman–Crippen LogP) is 1.44. The Morgan fingerprint density at radius 1 is 1.21 bits per heavy atom. The topological polar surface area (TPSA) is 102 Å². The number of non-ortho nitro benzene ring substituents is 1. The van der Waals surface area contributed by atoms with Crippen molar-refractivity contribution in [2.75, 3.05) is 0 Å². The third-order valence-corrected chi connectivity index (χ3v) is 2.52. The van der Waals surface area contributed by atoms with Crippen molar-refractivity contribution in [1.29, 1.82) is 0 Å². The van der Waals surface area contributed by atoms with E-state index in [1.54, 1.807) is 0 Å². The first-order chi connectivity index (χ1) is 9.00. The first-order valence-corrected chi connectivity index (χ1v) is 5.20. The minimum absolute atomic E-state index is 0.105. The smallest absolute Gasteiger partial charge is 0.341 e. The van der Waals surface area contributed by atoms with Gasteiger partial charge in [-0.05, 0) is 24.3 Å². The number of carboxylic acids is 1. The highest BCUT2D eigenvalue weighted by molar-refractivity contribution is 5.87. The molecule has 1 N–H and O–H groups in total. The van der Waals surface area contributed by atoms with Crippen LogP contribution in [0, 0.1) is 10.1 Å². The molecule has 0 atom stereocenters. The first kappa shape index (κ1) is 12.5. The van der Waals surface area contributed by atoms with Gasteiger partial charge in [-0.2, -0.15) is 0 Å². The first-order valence-electron chi connectivity index (χ1n) is 5.20. The van der Waals surface area contributed by atoms with Gasteiger partial charge in [-0.15, -0.1) is 0 Å². The van der Waals surface area contributed by atoms with Crippen LogP contribution in [0.25, 0.3) is 5.69 Å². The summed E-state index contributed by atoms with van der Waals surface area (Å²) < 4.78 is 1.12. The molecule has 7 heteroatoms. The molecule has 1 aromatic heterocycles. The normalized spacial score (nSPS) is 10.1. The number of nitro benzene ring substituents is 1. The minimum atomic E-state index is -1.32. The van der Waals surface area contributed by atoms with Crippen molar-refractivity contribution < 1.29 is 14.8 Å². The summed E-state index contributed by atoms with van der Waals surface area (Å²) in [6.45, 7) is 0. The van der Waals surface area contributed by atoms with Crippen LogP contribution in [0.15, 0.2) is 47.4 Å². The molecule has 2 aromatic rings. The molecule has 0 amide bonds. The van der Waals surface area contributed by atoms with Gasteiger partial charge in [0.15, 0.2) is 0 Å². The predicted molar refractivity (Wildman–Crippen MR) is 65.7 cm³/mol. The fourth-order valence-electron chi connectivity index (χ4n) is 1.60. The molecular formula is C12H8N2O5. The maximum atomic E-state index is 11.9. The summed E-state index contributed by atoms with van der Waals surface area (Å²) in [6.07, 6.45) is 1.40. The van der Waals surface area contributed by atoms with Gasteiger partial charge >= 0.3 is 5.97 Å². The SMILES string of the molecule is O=C(O)c1cccn(-c2ccc([N+](=O)[O-])cc2)c1=O. The zero-order valence-corrected chi connectivity index (χ0v) is 9.52. The molecule has 0 fully saturated rings. The van der Waals surface area contributed by atoms with Gasteiger partial charge in [0, 0.05) is 24.0 Å². The number of carbonyl (C=O) groups is 1. The molecule has 7 nitrogen and oxygen atoms in total. The Morgan fingerprint density at radius 3 is 2.37 bits per heavy atom. The Morgan fingerprint density at radius 2 is 1.84 bits per heavy atom. The number of aromatic nitrogens is 1. The summed E-state index contributed by atoms with van der Waals surface area (Å²) in [5.41, 5.74) is -0.797. The Hall–Kier alpha value is -2.96. The Kier molecular flexibility index (Phi) is 3.11. The fourth-order valence-corrected chi connectivity index (χ4v) is 1.60. The number of nitro groups is 1. The van der Waals surface area contributed by atoms with Crippen LogP contribution in [0.1, 0.15) is 10.4 Å². The van der Waals surface area contributed by atoms with E-state index in [4.69, 9.17) is 5.11 Å². The number of carboxylic acid groups (broad SMARTS) is 1. The van der Waals surface area contributed by atoms with Gasteiger partial charge < -0.3 is 5.11 Å². The lowest BCUT2D eigenvalue weighted by molar-refractivity contribution is -0.384. The molecule has 0 unspecified atom stereocenters. The average molecular weight is 260 g/mol. The van der Waals surface area contributed by atoms with Crippen molar-refractivity contribution in [1.82, 2.24) is 4.57 Å². The number of hydrogen-bond acceptors (Lipinski definition) is 4. The minimum Gasteiger partial charge on any atom is -0.477 e. The van der Waals surface area contributed by atoms with Gasteiger partial charge in [0.2, 0.25) is 0 Å². The second-order valence-corrected chi connectivity index (χ2v) is 3.68. The molecule has 0 aliphatic rings. The van der Waals surface area contributed by atoms with Crippen molar-refractivity contribution in [2.24, 2.45) is 0 Å². The van der Waals surface area contributed by atoms with Crippen molar-refractivity contribution in [3.63, 3.8) is 0 Å². The van der Waals surface area contributed by atoms with Gasteiger partial charge in [0.1, 0.15) is 5.56 Å². The molecule has 2 rings (SSSR count). The highest BCUT2D eigenvalue weighted by Crippen LogP contribution is 2.14. The molecule has 0 spiro atoms. The molecule has 1 aromatic carbocycles. The molecular weight excluding hydrogens is 252 g/mol. The Bertz CT molecular complexity index is 703. The van der Waals surface area contributed by atoms with Gasteiger partial charge in [-0.1, -0.05) is 0 Å². The van der Waals surface area contributed by atoms with Gasteiger partial charge in [-0.25, -0.2) is 4.79 Å². The van der Waals surface area contributed by atoms with E-state index < -0.39 is 16.5 Å². The quantitative estimate of drug-likeness (QED) is 0.664. The van der Waals surface area contributed by atoms with Crippen LogP contribution >= 0.6 is 0 Å². The number of pyridine rings is 1. The standard InChI is InChI=1S/C12H8N2O5/c15-11-10(12(16)17)2-1-7-13(11)8-3-5-9(6-4-8)14(18)19/h1-7H,(H,16,17). The molecule has 1 heterocycles. The van der Waals surface area contributed by atoms with Crippen LogP contribution in [0.4, 0.5) is 5.69 Å². The van der Waals surface area contributed by atoms with E-state index in [1.807, 2.05) is 0 Å². The van der Waals surface area contributed by atoms with Crippen molar-refractivity contribution in [2.45, 2.75) is 0 Å². The molecule has 0 saturated carbocycles. The Labute approximate surface area is 106 Å².